The molecule has 0 bridgehead atoms. The van der Waals surface area contributed by atoms with Gasteiger partial charge in [-0.25, -0.2) is 9.97 Å². The van der Waals surface area contributed by atoms with E-state index in [-0.39, 0.29) is 0 Å². The van der Waals surface area contributed by atoms with E-state index in [0.29, 0.717) is 5.22 Å². The lowest BCUT2D eigenvalue weighted by Gasteiger charge is -2.07. The Morgan fingerprint density at radius 1 is 1.50 bits per heavy atom. The smallest absolute Gasteiger partial charge is 0.262 e. The van der Waals surface area contributed by atoms with Crippen molar-refractivity contribution in [2.24, 2.45) is 0 Å². The van der Waals surface area contributed by atoms with Crippen LogP contribution < -0.4 is 0 Å². The van der Waals surface area contributed by atoms with Crippen molar-refractivity contribution in [2.75, 3.05) is 0 Å². The average molecular weight is 236 g/mol. The van der Waals surface area contributed by atoms with Gasteiger partial charge in [0.25, 0.3) is 5.22 Å². The molecule has 0 aromatic carbocycles. The minimum absolute atomic E-state index is 0.540. The maximum Gasteiger partial charge on any atom is 0.262 e. The van der Waals surface area contributed by atoms with Crippen molar-refractivity contribution in [2.45, 2.75) is 30.2 Å². The molecule has 0 spiro atoms. The van der Waals surface area contributed by atoms with Crippen LogP contribution in [0.25, 0.3) is 0 Å². The zero-order chi connectivity index (χ0) is 11.5. The molecule has 0 aliphatic carbocycles. The number of nitrogens with zero attached hydrogens (tertiary/aromatic N) is 2. The lowest BCUT2D eigenvalue weighted by molar-refractivity contribution is 0.195. The van der Waals surface area contributed by atoms with Gasteiger partial charge in [-0.2, -0.15) is 0 Å². The average Bonchev–Trinajstić information content (AvgIpc) is 2.64. The van der Waals surface area contributed by atoms with Crippen LogP contribution >= 0.6 is 11.8 Å². The molecule has 84 valence electrons. The molecule has 0 aliphatic rings. The monoisotopic (exact) mass is 236 g/mol. The standard InChI is InChI=1S/C11H12N2O2S/c1-7-6-15-11(13-7)16-10-9(8(2)14)4-3-5-12-10/h3-6,8,14H,1-2H3/t8-/m1/s1. The predicted molar refractivity (Wildman–Crippen MR) is 60.2 cm³/mol. The van der Waals surface area contributed by atoms with Crippen LogP contribution in [0.4, 0.5) is 0 Å². The van der Waals surface area contributed by atoms with E-state index in [1.54, 1.807) is 25.5 Å². The number of aliphatic hydroxyl groups excluding tert-OH is 1. The molecule has 0 radical (unpaired) electrons. The Kier molecular flexibility index (Phi) is 3.26. The number of hydrogen-bond donors (Lipinski definition) is 1. The summed E-state index contributed by atoms with van der Waals surface area (Å²) in [6, 6.07) is 3.64. The van der Waals surface area contributed by atoms with Gasteiger partial charge in [-0.15, -0.1) is 0 Å². The van der Waals surface area contributed by atoms with Crippen molar-refractivity contribution < 1.29 is 9.52 Å². The lowest BCUT2D eigenvalue weighted by atomic mass is 10.2. The normalized spacial score (nSPS) is 12.7. The predicted octanol–water partition coefficient (Wildman–Crippen LogP) is 2.58. The number of pyridine rings is 1. The molecule has 2 heterocycles. The molecule has 0 saturated heterocycles. The molecule has 0 unspecified atom stereocenters. The number of oxazole rings is 1. The molecule has 1 atom stereocenters. The highest BCUT2D eigenvalue weighted by molar-refractivity contribution is 7.99. The van der Waals surface area contributed by atoms with Crippen molar-refractivity contribution in [1.82, 2.24) is 9.97 Å². The maximum absolute atomic E-state index is 9.58. The highest BCUT2D eigenvalue weighted by Gasteiger charge is 2.12. The van der Waals surface area contributed by atoms with Gasteiger partial charge in [-0.1, -0.05) is 6.07 Å². The van der Waals surface area contributed by atoms with E-state index in [4.69, 9.17) is 4.42 Å². The van der Waals surface area contributed by atoms with Crippen LogP contribution in [0.2, 0.25) is 0 Å². The molecular weight excluding hydrogens is 224 g/mol. The second-order valence-corrected chi connectivity index (χ2v) is 4.37. The molecular formula is C11H12N2O2S. The fraction of sp³-hybridized carbons (Fsp3) is 0.273. The molecule has 5 heteroatoms. The van der Waals surface area contributed by atoms with Crippen molar-refractivity contribution in [3.8, 4) is 0 Å². The van der Waals surface area contributed by atoms with E-state index in [2.05, 4.69) is 9.97 Å². The van der Waals surface area contributed by atoms with Crippen molar-refractivity contribution >= 4 is 11.8 Å². The SMILES string of the molecule is Cc1coc(Sc2ncccc2[C@@H](C)O)n1. The highest BCUT2D eigenvalue weighted by atomic mass is 32.2. The summed E-state index contributed by atoms with van der Waals surface area (Å²) in [6.45, 7) is 3.57. The quantitative estimate of drug-likeness (QED) is 0.887. The number of aliphatic hydroxyl groups is 1. The van der Waals surface area contributed by atoms with E-state index in [9.17, 15) is 5.11 Å². The number of hydrogen-bond acceptors (Lipinski definition) is 5. The van der Waals surface area contributed by atoms with Crippen molar-refractivity contribution in [3.05, 3.63) is 35.9 Å². The Morgan fingerprint density at radius 3 is 2.94 bits per heavy atom. The van der Waals surface area contributed by atoms with Gasteiger partial charge in [0.15, 0.2) is 0 Å². The van der Waals surface area contributed by atoms with Crippen LogP contribution in [0.3, 0.4) is 0 Å². The van der Waals surface area contributed by atoms with Crippen molar-refractivity contribution in [3.63, 3.8) is 0 Å². The van der Waals surface area contributed by atoms with E-state index < -0.39 is 6.10 Å². The van der Waals surface area contributed by atoms with Crippen LogP contribution in [0.15, 0.2) is 39.3 Å². The maximum atomic E-state index is 9.58. The lowest BCUT2D eigenvalue weighted by Crippen LogP contribution is -1.95. The molecule has 4 nitrogen and oxygen atoms in total. The third-order valence-electron chi connectivity index (χ3n) is 2.03. The molecule has 0 saturated carbocycles. The Balaban J connectivity index is 2.27. The summed E-state index contributed by atoms with van der Waals surface area (Å²) >= 11 is 1.31. The Morgan fingerprint density at radius 2 is 2.31 bits per heavy atom. The van der Waals surface area contributed by atoms with Crippen LogP contribution in [-0.4, -0.2) is 15.1 Å². The van der Waals surface area contributed by atoms with Crippen LogP contribution in [-0.2, 0) is 0 Å². The second-order valence-electron chi connectivity index (χ2n) is 3.43. The summed E-state index contributed by atoms with van der Waals surface area (Å²) in [5.74, 6) is 0. The number of rotatable bonds is 3. The fourth-order valence-electron chi connectivity index (χ4n) is 1.27. The van der Waals surface area contributed by atoms with E-state index >= 15 is 0 Å². The minimum Gasteiger partial charge on any atom is -0.439 e. The Hall–Kier alpha value is -1.33. The summed E-state index contributed by atoms with van der Waals surface area (Å²) in [7, 11) is 0. The molecule has 0 amide bonds. The molecule has 16 heavy (non-hydrogen) atoms. The van der Waals surface area contributed by atoms with Gasteiger partial charge in [-0.05, 0) is 31.7 Å². The molecule has 2 aromatic rings. The zero-order valence-corrected chi connectivity index (χ0v) is 9.86. The molecule has 0 aliphatic heterocycles. The third-order valence-corrected chi connectivity index (χ3v) is 2.93. The number of aromatic nitrogens is 2. The van der Waals surface area contributed by atoms with Gasteiger partial charge in [0.05, 0.1) is 11.8 Å². The van der Waals surface area contributed by atoms with Crippen molar-refractivity contribution in [1.29, 1.82) is 0 Å². The molecule has 0 fully saturated rings. The first kappa shape index (κ1) is 11.2. The van der Waals surface area contributed by atoms with Crippen LogP contribution in [0.5, 0.6) is 0 Å². The highest BCUT2D eigenvalue weighted by Crippen LogP contribution is 2.30. The summed E-state index contributed by atoms with van der Waals surface area (Å²) in [4.78, 5) is 8.39. The molecule has 2 rings (SSSR count). The molecule has 1 N–H and O–H groups in total. The van der Waals surface area contributed by atoms with Gasteiger partial charge in [0.2, 0.25) is 0 Å². The van der Waals surface area contributed by atoms with Gasteiger partial charge in [0.1, 0.15) is 11.3 Å². The first-order valence-electron chi connectivity index (χ1n) is 4.90. The first-order chi connectivity index (χ1) is 7.66. The summed E-state index contributed by atoms with van der Waals surface area (Å²) in [5.41, 5.74) is 1.61. The Bertz CT molecular complexity index is 482. The zero-order valence-electron chi connectivity index (χ0n) is 9.04. The summed E-state index contributed by atoms with van der Waals surface area (Å²) in [5, 5.41) is 10.8. The van der Waals surface area contributed by atoms with Gasteiger partial charge < -0.3 is 9.52 Å². The largest absolute Gasteiger partial charge is 0.439 e. The second kappa shape index (κ2) is 4.67. The topological polar surface area (TPSA) is 59.2 Å². The van der Waals surface area contributed by atoms with Crippen LogP contribution in [0, 0.1) is 6.92 Å². The fourth-order valence-corrected chi connectivity index (χ4v) is 2.19. The number of aryl methyl sites for hydroxylation is 1. The van der Waals surface area contributed by atoms with Crippen LogP contribution in [0.1, 0.15) is 24.3 Å². The van der Waals surface area contributed by atoms with Gasteiger partial charge >= 0.3 is 0 Å². The van der Waals surface area contributed by atoms with E-state index in [0.717, 1.165) is 16.3 Å². The van der Waals surface area contributed by atoms with E-state index in [1.165, 1.54) is 11.8 Å². The van der Waals surface area contributed by atoms with E-state index in [1.807, 2.05) is 13.0 Å². The first-order valence-corrected chi connectivity index (χ1v) is 5.71. The third kappa shape index (κ3) is 2.43. The Labute approximate surface area is 97.7 Å². The minimum atomic E-state index is -0.549. The summed E-state index contributed by atoms with van der Waals surface area (Å²) in [6.07, 6.45) is 2.73. The summed E-state index contributed by atoms with van der Waals surface area (Å²) < 4.78 is 5.23. The van der Waals surface area contributed by atoms with Gasteiger partial charge in [0, 0.05) is 11.8 Å². The molecule has 2 aromatic heterocycles. The van der Waals surface area contributed by atoms with Gasteiger partial charge in [-0.3, -0.25) is 0 Å².